The van der Waals surface area contributed by atoms with E-state index in [4.69, 9.17) is 22.3 Å². The van der Waals surface area contributed by atoms with Crippen molar-refractivity contribution in [2.45, 2.75) is 56.3 Å². The van der Waals surface area contributed by atoms with Crippen molar-refractivity contribution in [3.63, 3.8) is 0 Å². The van der Waals surface area contributed by atoms with Crippen LogP contribution in [0.25, 0.3) is 10.9 Å². The number of rotatable bonds is 17. The van der Waals surface area contributed by atoms with Gasteiger partial charge in [-0.3, -0.25) is 24.2 Å². The Morgan fingerprint density at radius 1 is 0.902 bits per heavy atom. The van der Waals surface area contributed by atoms with E-state index >= 15 is 0 Å². The number of amides is 3. The maximum absolute atomic E-state index is 13.1. The quantitative estimate of drug-likeness (QED) is 0.0533. The molecular weight excluding hydrogens is 540 g/mol. The molecule has 16 heteroatoms. The Hall–Kier alpha value is -4.70. The number of aliphatic hydroxyl groups is 1. The minimum Gasteiger partial charge on any atom is -0.481 e. The number of nitrogens with one attached hydrogen (secondary N) is 4. The number of nitrogens with two attached hydrogens (primary N) is 3. The van der Waals surface area contributed by atoms with Crippen LogP contribution in [0.2, 0.25) is 0 Å². The van der Waals surface area contributed by atoms with E-state index in [1.54, 1.807) is 6.20 Å². The van der Waals surface area contributed by atoms with E-state index in [2.05, 4.69) is 25.9 Å². The molecule has 41 heavy (non-hydrogen) atoms. The van der Waals surface area contributed by atoms with Crippen molar-refractivity contribution in [1.82, 2.24) is 20.9 Å². The number of nitrogens with zero attached hydrogens (tertiary/aromatic N) is 1. The molecule has 0 bridgehead atoms. The van der Waals surface area contributed by atoms with Gasteiger partial charge in [-0.05, 0) is 37.3 Å². The number of benzene rings is 1. The van der Waals surface area contributed by atoms with Crippen molar-refractivity contribution in [1.29, 1.82) is 0 Å². The number of aliphatic imine (C=N–C) groups is 1. The molecule has 2 aromatic rings. The van der Waals surface area contributed by atoms with Crippen LogP contribution in [0.15, 0.2) is 35.5 Å². The van der Waals surface area contributed by atoms with Gasteiger partial charge in [0.05, 0.1) is 12.6 Å². The molecule has 1 aromatic heterocycles. The van der Waals surface area contributed by atoms with Gasteiger partial charge in [0.15, 0.2) is 5.96 Å². The highest BCUT2D eigenvalue weighted by Gasteiger charge is 2.30. The number of aromatic nitrogens is 1. The average Bonchev–Trinajstić information content (AvgIpc) is 3.32. The SMILES string of the molecule is NC(N)=NCCCC(NC(=O)C(N)Cc1c[nH]c2ccccc12)C(=O)NC(CO)C(=O)NC(CCC(=O)O)C(=O)O. The number of hydrogen-bond acceptors (Lipinski definition) is 8. The second-order valence-corrected chi connectivity index (χ2v) is 9.26. The van der Waals surface area contributed by atoms with Gasteiger partial charge < -0.3 is 53.5 Å². The molecule has 3 amide bonds. The number of aliphatic carboxylic acids is 2. The number of guanidine groups is 1. The van der Waals surface area contributed by atoms with Crippen LogP contribution < -0.4 is 33.2 Å². The van der Waals surface area contributed by atoms with E-state index in [1.807, 2.05) is 24.3 Å². The highest BCUT2D eigenvalue weighted by Crippen LogP contribution is 2.18. The second kappa shape index (κ2) is 15.8. The number of hydrogen-bond donors (Lipinski definition) is 10. The molecule has 4 unspecified atom stereocenters. The number of carbonyl (C=O) groups excluding carboxylic acids is 3. The molecule has 224 valence electrons. The van der Waals surface area contributed by atoms with Gasteiger partial charge in [-0.1, -0.05) is 18.2 Å². The lowest BCUT2D eigenvalue weighted by molar-refractivity contribution is -0.143. The van der Waals surface area contributed by atoms with E-state index < -0.39 is 73.3 Å². The summed E-state index contributed by atoms with van der Waals surface area (Å²) < 4.78 is 0. The monoisotopic (exact) mass is 576 g/mol. The normalized spacial score (nSPS) is 13.8. The molecule has 2 rings (SSSR count). The Morgan fingerprint density at radius 3 is 2.17 bits per heavy atom. The number of aliphatic hydroxyl groups excluding tert-OH is 1. The van der Waals surface area contributed by atoms with Crippen LogP contribution in [0, 0.1) is 0 Å². The lowest BCUT2D eigenvalue weighted by Gasteiger charge is -2.24. The summed E-state index contributed by atoms with van der Waals surface area (Å²) in [6.07, 6.45) is 1.23. The summed E-state index contributed by atoms with van der Waals surface area (Å²) in [6.45, 7) is -0.769. The molecule has 0 saturated carbocycles. The first-order valence-electron chi connectivity index (χ1n) is 12.8. The summed E-state index contributed by atoms with van der Waals surface area (Å²) >= 11 is 0. The number of carboxylic acid groups (broad SMARTS) is 2. The summed E-state index contributed by atoms with van der Waals surface area (Å²) in [7, 11) is 0. The van der Waals surface area contributed by atoms with Crippen molar-refractivity contribution in [3.05, 3.63) is 36.0 Å². The molecular formula is C25H36N8O8. The number of para-hydroxylation sites is 1. The van der Waals surface area contributed by atoms with E-state index in [0.29, 0.717) is 0 Å². The Morgan fingerprint density at radius 2 is 1.54 bits per heavy atom. The Balaban J connectivity index is 2.10. The zero-order valence-corrected chi connectivity index (χ0v) is 22.2. The van der Waals surface area contributed by atoms with Crippen molar-refractivity contribution in [2.24, 2.45) is 22.2 Å². The molecule has 0 aliphatic rings. The number of carboxylic acids is 2. The zero-order chi connectivity index (χ0) is 30.5. The fourth-order valence-electron chi connectivity index (χ4n) is 3.95. The van der Waals surface area contributed by atoms with Gasteiger partial charge in [0.25, 0.3) is 0 Å². The van der Waals surface area contributed by atoms with Crippen LogP contribution in [0.4, 0.5) is 0 Å². The Kier molecular flexibility index (Phi) is 12.5. The topological polar surface area (TPSA) is 288 Å². The van der Waals surface area contributed by atoms with Crippen LogP contribution in [-0.2, 0) is 30.4 Å². The van der Waals surface area contributed by atoms with Crippen LogP contribution >= 0.6 is 0 Å². The molecule has 4 atom stereocenters. The summed E-state index contributed by atoms with van der Waals surface area (Å²) in [5.41, 5.74) is 18.4. The third kappa shape index (κ3) is 10.4. The molecule has 1 heterocycles. The van der Waals surface area contributed by atoms with E-state index in [-0.39, 0.29) is 31.8 Å². The average molecular weight is 577 g/mol. The van der Waals surface area contributed by atoms with Gasteiger partial charge in [-0.15, -0.1) is 0 Å². The zero-order valence-electron chi connectivity index (χ0n) is 22.2. The lowest BCUT2D eigenvalue weighted by Crippen LogP contribution is -2.58. The molecule has 0 radical (unpaired) electrons. The van der Waals surface area contributed by atoms with Crippen LogP contribution in [0.5, 0.6) is 0 Å². The Labute approximate surface area is 234 Å². The first-order valence-corrected chi connectivity index (χ1v) is 12.8. The van der Waals surface area contributed by atoms with Gasteiger partial charge >= 0.3 is 11.9 Å². The molecule has 0 aliphatic heterocycles. The second-order valence-electron chi connectivity index (χ2n) is 9.26. The van der Waals surface area contributed by atoms with Gasteiger partial charge in [-0.25, -0.2) is 4.79 Å². The summed E-state index contributed by atoms with van der Waals surface area (Å²) in [4.78, 5) is 67.8. The van der Waals surface area contributed by atoms with E-state index in [1.165, 1.54) is 0 Å². The minimum absolute atomic E-state index is 0.0320. The standard InChI is InChI=1S/C25H36N8O8/c26-15(10-13-11-30-16-5-2-1-4-14(13)16)21(37)31-17(6-3-9-29-25(27)28)22(38)33-19(12-34)23(39)32-18(24(40)41)7-8-20(35)36/h1-2,4-5,11,15,17-19,30,34H,3,6-10,12,26H2,(H,31,37)(H,32,39)(H,33,38)(H,35,36)(H,40,41)(H4,27,28,29). The van der Waals surface area contributed by atoms with E-state index in [0.717, 1.165) is 16.5 Å². The maximum atomic E-state index is 13.1. The number of carbonyl (C=O) groups is 5. The van der Waals surface area contributed by atoms with Crippen LogP contribution in [0.1, 0.15) is 31.2 Å². The van der Waals surface area contributed by atoms with Crippen LogP contribution in [-0.4, -0.2) is 93.2 Å². The molecule has 1 aromatic carbocycles. The predicted octanol–water partition coefficient (Wildman–Crippen LogP) is -2.51. The van der Waals surface area contributed by atoms with Gasteiger partial charge in [0, 0.05) is 30.1 Å². The first kappa shape index (κ1) is 32.5. The van der Waals surface area contributed by atoms with E-state index in [9.17, 15) is 34.2 Å². The van der Waals surface area contributed by atoms with Gasteiger partial charge in [0.2, 0.25) is 17.7 Å². The Bertz CT molecular complexity index is 1260. The molecule has 13 N–H and O–H groups in total. The van der Waals surface area contributed by atoms with Crippen molar-refractivity contribution < 1.29 is 39.3 Å². The lowest BCUT2D eigenvalue weighted by atomic mass is 10.0. The third-order valence-corrected chi connectivity index (χ3v) is 6.11. The summed E-state index contributed by atoms with van der Waals surface area (Å²) in [6, 6.07) is 2.05. The number of H-pyrrole nitrogens is 1. The molecule has 0 saturated heterocycles. The van der Waals surface area contributed by atoms with Crippen molar-refractivity contribution in [3.8, 4) is 0 Å². The summed E-state index contributed by atoms with van der Waals surface area (Å²) in [5, 5.41) is 35.6. The third-order valence-electron chi connectivity index (χ3n) is 6.11. The van der Waals surface area contributed by atoms with Crippen LogP contribution in [0.3, 0.4) is 0 Å². The first-order chi connectivity index (χ1) is 19.4. The van der Waals surface area contributed by atoms with Crippen molar-refractivity contribution >= 4 is 46.5 Å². The molecule has 0 fully saturated rings. The highest BCUT2D eigenvalue weighted by atomic mass is 16.4. The highest BCUT2D eigenvalue weighted by molar-refractivity contribution is 5.94. The number of aromatic amines is 1. The largest absolute Gasteiger partial charge is 0.481 e. The maximum Gasteiger partial charge on any atom is 0.326 e. The smallest absolute Gasteiger partial charge is 0.326 e. The summed E-state index contributed by atoms with van der Waals surface area (Å²) in [5.74, 6) is -5.48. The fourth-order valence-corrected chi connectivity index (χ4v) is 3.95. The van der Waals surface area contributed by atoms with Gasteiger partial charge in [0.1, 0.15) is 18.1 Å². The molecule has 0 aliphatic carbocycles. The van der Waals surface area contributed by atoms with Gasteiger partial charge in [-0.2, -0.15) is 0 Å². The van der Waals surface area contributed by atoms with Crippen molar-refractivity contribution in [2.75, 3.05) is 13.2 Å². The fraction of sp³-hybridized carbons (Fsp3) is 0.440. The molecule has 16 nitrogen and oxygen atoms in total. The molecule has 0 spiro atoms. The number of fused-ring (bicyclic) bond motifs is 1. The minimum atomic E-state index is -1.59. The predicted molar refractivity (Wildman–Crippen MR) is 147 cm³/mol.